The lowest BCUT2D eigenvalue weighted by molar-refractivity contribution is -0.283. The minimum absolute atomic E-state index is 0.427. The Bertz CT molecular complexity index is 265. The monoisotopic (exact) mass is 294 g/mol. The minimum Gasteiger partial charge on any atom is -0.408 e. The summed E-state index contributed by atoms with van der Waals surface area (Å²) < 4.78 is 11.0. The van der Waals surface area contributed by atoms with Gasteiger partial charge in [-0.15, -0.1) is 0 Å². The summed E-state index contributed by atoms with van der Waals surface area (Å²) in [7, 11) is -2.03. The van der Waals surface area contributed by atoms with Crippen LogP contribution in [0.5, 0.6) is 0 Å². The van der Waals surface area contributed by atoms with Crippen LogP contribution in [-0.4, -0.2) is 66.1 Å². The van der Waals surface area contributed by atoms with E-state index in [2.05, 4.69) is 0 Å². The van der Waals surface area contributed by atoms with Crippen LogP contribution in [0.15, 0.2) is 0 Å². The first-order valence-corrected chi connectivity index (χ1v) is 9.46. The summed E-state index contributed by atoms with van der Waals surface area (Å²) in [5.74, 6) is 0. The summed E-state index contributed by atoms with van der Waals surface area (Å²) in [6.07, 6.45) is -5.72. The lowest BCUT2D eigenvalue weighted by Gasteiger charge is -2.44. The highest BCUT2D eigenvalue weighted by Gasteiger charge is 2.47. The van der Waals surface area contributed by atoms with E-state index in [9.17, 15) is 15.3 Å². The Morgan fingerprint density at radius 1 is 1.00 bits per heavy atom. The summed E-state index contributed by atoms with van der Waals surface area (Å²) in [5.41, 5.74) is 0. The molecule has 0 bridgehead atoms. The van der Waals surface area contributed by atoms with Gasteiger partial charge < -0.3 is 29.6 Å². The van der Waals surface area contributed by atoms with Crippen LogP contribution in [0.1, 0.15) is 20.8 Å². The van der Waals surface area contributed by atoms with Crippen LogP contribution in [0.2, 0.25) is 18.1 Å². The van der Waals surface area contributed by atoms with Gasteiger partial charge in [0.25, 0.3) is 0 Å². The Morgan fingerprint density at radius 3 is 1.95 bits per heavy atom. The number of hydrogen-bond acceptors (Lipinski definition) is 6. The molecule has 0 aromatic heterocycles. The lowest BCUT2D eigenvalue weighted by atomic mass is 9.99. The molecule has 1 saturated heterocycles. The van der Waals surface area contributed by atoms with Gasteiger partial charge in [0.1, 0.15) is 24.4 Å². The predicted octanol–water partition coefficient (Wildman–Crippen LogP) is -0.192. The number of hydrogen-bond donors (Lipinski definition) is 4. The zero-order chi connectivity index (χ0) is 14.6. The quantitative estimate of drug-likeness (QED) is 0.507. The molecule has 0 saturated carbocycles. The molecule has 19 heavy (non-hydrogen) atoms. The van der Waals surface area contributed by atoms with Crippen molar-refractivity contribution in [1.82, 2.24) is 0 Å². The molecule has 1 heterocycles. The van der Waals surface area contributed by atoms with Gasteiger partial charge in [0.05, 0.1) is 6.61 Å². The van der Waals surface area contributed by atoms with Gasteiger partial charge in [-0.25, -0.2) is 0 Å². The van der Waals surface area contributed by atoms with Gasteiger partial charge in [0.2, 0.25) is 0 Å². The molecular formula is C12H26O6Si. The molecular weight excluding hydrogens is 268 g/mol. The highest BCUT2D eigenvalue weighted by molar-refractivity contribution is 6.73. The highest BCUT2D eigenvalue weighted by Crippen LogP contribution is 2.30. The average Bonchev–Trinajstić information content (AvgIpc) is 2.44. The van der Waals surface area contributed by atoms with Crippen LogP contribution >= 0.6 is 0 Å². The molecule has 0 radical (unpaired) electrons. The molecule has 6 nitrogen and oxygen atoms in total. The third kappa shape index (κ3) is 3.55. The maximum atomic E-state index is 10.1. The first-order valence-electron chi connectivity index (χ1n) is 6.93. The van der Waals surface area contributed by atoms with E-state index in [0.717, 1.165) is 18.1 Å². The molecule has 0 spiro atoms. The molecule has 1 rings (SSSR count). The molecule has 0 amide bonds. The van der Waals surface area contributed by atoms with Crippen LogP contribution in [0, 0.1) is 0 Å². The Labute approximate surface area is 115 Å². The van der Waals surface area contributed by atoms with E-state index < -0.39 is 45.6 Å². The number of aliphatic hydroxyl groups excluding tert-OH is 4. The maximum Gasteiger partial charge on any atom is 0.192 e. The van der Waals surface area contributed by atoms with E-state index in [0.29, 0.717) is 0 Å². The van der Waals surface area contributed by atoms with Crippen LogP contribution in [0.25, 0.3) is 0 Å². The zero-order valence-electron chi connectivity index (χ0n) is 11.8. The molecule has 1 aliphatic rings. The van der Waals surface area contributed by atoms with E-state index in [4.69, 9.17) is 14.3 Å². The standard InChI is InChI=1S/C12H26O6Si/c1-4-19(5-2,6-3)18-11-9(14)8(7-13)17-12(16)10(11)15/h8-16H,4-7H2,1-3H3/t8-,9-,10-,11+,12-/m1/s1. The van der Waals surface area contributed by atoms with Crippen molar-refractivity contribution in [2.75, 3.05) is 6.61 Å². The molecule has 7 heteroatoms. The molecule has 1 fully saturated rings. The minimum atomic E-state index is -2.03. The maximum absolute atomic E-state index is 10.1. The first kappa shape index (κ1) is 17.0. The van der Waals surface area contributed by atoms with Crippen molar-refractivity contribution in [3.05, 3.63) is 0 Å². The van der Waals surface area contributed by atoms with E-state index in [1.165, 1.54) is 0 Å². The topological polar surface area (TPSA) is 99.4 Å². The van der Waals surface area contributed by atoms with Gasteiger partial charge in [-0.3, -0.25) is 0 Å². The summed E-state index contributed by atoms with van der Waals surface area (Å²) in [5, 5.41) is 38.8. The molecule has 0 aliphatic carbocycles. The number of rotatable bonds is 6. The molecule has 4 N–H and O–H groups in total. The van der Waals surface area contributed by atoms with Gasteiger partial charge in [0, 0.05) is 0 Å². The van der Waals surface area contributed by atoms with Crippen molar-refractivity contribution in [2.45, 2.75) is 69.6 Å². The van der Waals surface area contributed by atoms with Gasteiger partial charge >= 0.3 is 0 Å². The zero-order valence-corrected chi connectivity index (χ0v) is 12.8. The predicted molar refractivity (Wildman–Crippen MR) is 72.0 cm³/mol. The summed E-state index contributed by atoms with van der Waals surface area (Å²) in [6.45, 7) is 5.69. The van der Waals surface area contributed by atoms with Crippen molar-refractivity contribution < 1.29 is 29.6 Å². The largest absolute Gasteiger partial charge is 0.408 e. The van der Waals surface area contributed by atoms with E-state index >= 15 is 0 Å². The Kier molecular flexibility index (Phi) is 6.38. The summed E-state index contributed by atoms with van der Waals surface area (Å²) in [6, 6.07) is 2.62. The second-order valence-electron chi connectivity index (χ2n) is 5.05. The molecule has 0 unspecified atom stereocenters. The van der Waals surface area contributed by atoms with E-state index in [1.54, 1.807) is 0 Å². The van der Waals surface area contributed by atoms with Crippen molar-refractivity contribution >= 4 is 8.32 Å². The highest BCUT2D eigenvalue weighted by atomic mass is 28.4. The summed E-state index contributed by atoms with van der Waals surface area (Å²) >= 11 is 0. The van der Waals surface area contributed by atoms with E-state index in [-0.39, 0.29) is 0 Å². The van der Waals surface area contributed by atoms with Crippen LogP contribution in [0.4, 0.5) is 0 Å². The first-order chi connectivity index (χ1) is 8.94. The fourth-order valence-corrected chi connectivity index (χ4v) is 5.35. The van der Waals surface area contributed by atoms with Crippen LogP contribution in [0.3, 0.4) is 0 Å². The Morgan fingerprint density at radius 2 is 1.53 bits per heavy atom. The third-order valence-corrected chi connectivity index (χ3v) is 8.80. The second-order valence-corrected chi connectivity index (χ2v) is 9.78. The van der Waals surface area contributed by atoms with Crippen LogP contribution in [-0.2, 0) is 9.16 Å². The third-order valence-electron chi connectivity index (χ3n) is 4.16. The smallest absolute Gasteiger partial charge is 0.192 e. The molecule has 1 aliphatic heterocycles. The summed E-state index contributed by atoms with van der Waals surface area (Å²) in [4.78, 5) is 0. The van der Waals surface area contributed by atoms with Gasteiger partial charge in [-0.1, -0.05) is 20.8 Å². The lowest BCUT2D eigenvalue weighted by Crippen LogP contribution is -2.62. The number of aliphatic hydroxyl groups is 4. The Hall–Kier alpha value is -0.0231. The van der Waals surface area contributed by atoms with Crippen molar-refractivity contribution in [2.24, 2.45) is 0 Å². The molecule has 0 aromatic rings. The molecule has 114 valence electrons. The fraction of sp³-hybridized carbons (Fsp3) is 1.00. The van der Waals surface area contributed by atoms with Crippen molar-refractivity contribution in [3.8, 4) is 0 Å². The SMILES string of the molecule is CC[Si](CC)(CC)O[C@@H]1[C@@H](O)[C@H](O)O[C@H](CO)[C@H]1O. The normalized spacial score (nSPS) is 36.5. The van der Waals surface area contributed by atoms with E-state index in [1.807, 2.05) is 20.8 Å². The Balaban J connectivity index is 2.88. The second kappa shape index (κ2) is 7.12. The van der Waals surface area contributed by atoms with Gasteiger partial charge in [-0.05, 0) is 18.1 Å². The molecule has 5 atom stereocenters. The average molecular weight is 294 g/mol. The number of ether oxygens (including phenoxy) is 1. The van der Waals surface area contributed by atoms with Crippen molar-refractivity contribution in [1.29, 1.82) is 0 Å². The van der Waals surface area contributed by atoms with Gasteiger partial charge in [-0.2, -0.15) is 0 Å². The fourth-order valence-electron chi connectivity index (χ4n) is 2.50. The van der Waals surface area contributed by atoms with Crippen LogP contribution < -0.4 is 0 Å². The molecule has 0 aromatic carbocycles. The van der Waals surface area contributed by atoms with Gasteiger partial charge in [0.15, 0.2) is 14.6 Å². The van der Waals surface area contributed by atoms with Crippen molar-refractivity contribution in [3.63, 3.8) is 0 Å².